The predicted molar refractivity (Wildman–Crippen MR) is 85.6 cm³/mol. The number of hydrogen-bond acceptors (Lipinski definition) is 6. The summed E-state index contributed by atoms with van der Waals surface area (Å²) in [5.41, 5.74) is 1.83. The Morgan fingerprint density at radius 3 is 2.83 bits per heavy atom. The van der Waals surface area contributed by atoms with Crippen LogP contribution in [0.25, 0.3) is 5.65 Å². The highest BCUT2D eigenvalue weighted by Gasteiger charge is 2.23. The Morgan fingerprint density at radius 2 is 2.08 bits per heavy atom. The Kier molecular flexibility index (Phi) is 3.72. The maximum Gasteiger partial charge on any atom is 0.213 e. The molecule has 0 radical (unpaired) electrons. The third-order valence-electron chi connectivity index (χ3n) is 4.20. The van der Waals surface area contributed by atoms with Gasteiger partial charge >= 0.3 is 0 Å². The van der Waals surface area contributed by atoms with E-state index in [-0.39, 0.29) is 6.10 Å². The SMILES string of the molecule is Cc1cc2nncn2nc1N1CCC(Oc2ccc(F)nc2)CC1. The van der Waals surface area contributed by atoms with Gasteiger partial charge < -0.3 is 9.64 Å². The molecule has 3 aromatic heterocycles. The second-order valence-corrected chi connectivity index (χ2v) is 5.91. The lowest BCUT2D eigenvalue weighted by Gasteiger charge is -2.33. The normalized spacial score (nSPS) is 15.8. The highest BCUT2D eigenvalue weighted by atomic mass is 19.1. The van der Waals surface area contributed by atoms with Gasteiger partial charge in [0.05, 0.1) is 6.20 Å². The first-order valence-corrected chi connectivity index (χ1v) is 7.90. The van der Waals surface area contributed by atoms with Crippen molar-refractivity contribution in [3.8, 4) is 5.75 Å². The van der Waals surface area contributed by atoms with Crippen molar-refractivity contribution in [2.45, 2.75) is 25.9 Å². The first kappa shape index (κ1) is 14.8. The molecular weight excluding hydrogens is 311 g/mol. The summed E-state index contributed by atoms with van der Waals surface area (Å²) >= 11 is 0. The molecule has 0 bridgehead atoms. The van der Waals surface area contributed by atoms with Crippen molar-refractivity contribution >= 4 is 11.5 Å². The number of fused-ring (bicyclic) bond motifs is 1. The lowest BCUT2D eigenvalue weighted by molar-refractivity contribution is 0.169. The van der Waals surface area contributed by atoms with Crippen LogP contribution in [0.2, 0.25) is 0 Å². The minimum atomic E-state index is -0.497. The molecule has 0 unspecified atom stereocenters. The number of ether oxygens (including phenoxy) is 1. The standard InChI is InChI=1S/C16H17FN6O/c1-11-8-15-20-19-10-23(15)21-16(11)22-6-4-12(5-7-22)24-13-2-3-14(17)18-9-13/h2-3,8-10,12H,4-7H2,1H3. The fourth-order valence-electron chi connectivity index (χ4n) is 2.97. The molecule has 8 heteroatoms. The van der Waals surface area contributed by atoms with Crippen molar-refractivity contribution in [2.24, 2.45) is 0 Å². The van der Waals surface area contributed by atoms with Gasteiger partial charge in [-0.05, 0) is 30.7 Å². The van der Waals surface area contributed by atoms with Crippen LogP contribution in [-0.4, -0.2) is 44.0 Å². The van der Waals surface area contributed by atoms with Crippen LogP contribution in [-0.2, 0) is 0 Å². The minimum Gasteiger partial charge on any atom is -0.489 e. The third-order valence-corrected chi connectivity index (χ3v) is 4.20. The van der Waals surface area contributed by atoms with Gasteiger partial charge in [-0.3, -0.25) is 0 Å². The predicted octanol–water partition coefficient (Wildman–Crippen LogP) is 2.01. The molecule has 4 rings (SSSR count). The molecule has 1 saturated heterocycles. The summed E-state index contributed by atoms with van der Waals surface area (Å²) in [6.07, 6.45) is 4.88. The first-order valence-electron chi connectivity index (χ1n) is 7.90. The number of anilines is 1. The summed E-state index contributed by atoms with van der Waals surface area (Å²) in [7, 11) is 0. The van der Waals surface area contributed by atoms with E-state index in [9.17, 15) is 4.39 Å². The van der Waals surface area contributed by atoms with E-state index < -0.39 is 5.95 Å². The number of hydrogen-bond donors (Lipinski definition) is 0. The molecule has 124 valence electrons. The van der Waals surface area contributed by atoms with Crippen molar-refractivity contribution in [2.75, 3.05) is 18.0 Å². The van der Waals surface area contributed by atoms with Gasteiger partial charge in [-0.25, -0.2) is 4.98 Å². The summed E-state index contributed by atoms with van der Waals surface area (Å²) in [5.74, 6) is 1.06. The van der Waals surface area contributed by atoms with Crippen molar-refractivity contribution < 1.29 is 9.13 Å². The number of aromatic nitrogens is 5. The van der Waals surface area contributed by atoms with E-state index in [0.29, 0.717) is 5.75 Å². The lowest BCUT2D eigenvalue weighted by atomic mass is 10.1. The molecule has 0 aromatic carbocycles. The smallest absolute Gasteiger partial charge is 0.213 e. The summed E-state index contributed by atoms with van der Waals surface area (Å²) in [6.45, 7) is 3.73. The van der Waals surface area contributed by atoms with E-state index in [1.165, 1.54) is 12.3 Å². The average Bonchev–Trinajstić information content (AvgIpc) is 3.04. The molecule has 0 N–H and O–H groups in total. The number of piperidine rings is 1. The highest BCUT2D eigenvalue weighted by Crippen LogP contribution is 2.24. The van der Waals surface area contributed by atoms with Crippen LogP contribution in [0.5, 0.6) is 5.75 Å². The molecule has 4 heterocycles. The van der Waals surface area contributed by atoms with Gasteiger partial charge in [0.2, 0.25) is 5.95 Å². The van der Waals surface area contributed by atoms with E-state index >= 15 is 0 Å². The van der Waals surface area contributed by atoms with Crippen molar-refractivity contribution in [3.63, 3.8) is 0 Å². The average molecular weight is 328 g/mol. The van der Waals surface area contributed by atoms with Gasteiger partial charge in [0, 0.05) is 25.9 Å². The zero-order chi connectivity index (χ0) is 16.5. The number of pyridine rings is 1. The van der Waals surface area contributed by atoms with E-state index in [1.54, 1.807) is 16.9 Å². The topological polar surface area (TPSA) is 68.4 Å². The molecule has 0 spiro atoms. The summed E-state index contributed by atoms with van der Waals surface area (Å²) in [6, 6.07) is 4.91. The lowest BCUT2D eigenvalue weighted by Crippen LogP contribution is -2.39. The van der Waals surface area contributed by atoms with E-state index in [1.807, 2.05) is 13.0 Å². The third kappa shape index (κ3) is 2.86. The van der Waals surface area contributed by atoms with Crippen molar-refractivity contribution in [3.05, 3.63) is 42.2 Å². The largest absolute Gasteiger partial charge is 0.489 e. The zero-order valence-corrected chi connectivity index (χ0v) is 13.3. The Balaban J connectivity index is 1.43. The van der Waals surface area contributed by atoms with Crippen LogP contribution in [0.3, 0.4) is 0 Å². The van der Waals surface area contributed by atoms with Crippen LogP contribution >= 0.6 is 0 Å². The van der Waals surface area contributed by atoms with Crippen molar-refractivity contribution in [1.82, 2.24) is 24.8 Å². The Hall–Kier alpha value is -2.77. The van der Waals surface area contributed by atoms with E-state index in [4.69, 9.17) is 4.74 Å². The molecule has 3 aromatic rings. The maximum absolute atomic E-state index is 12.8. The van der Waals surface area contributed by atoms with Crippen LogP contribution < -0.4 is 9.64 Å². The quantitative estimate of drug-likeness (QED) is 0.685. The van der Waals surface area contributed by atoms with Gasteiger partial charge in [-0.2, -0.15) is 8.91 Å². The second kappa shape index (κ2) is 6.03. The number of nitrogens with zero attached hydrogens (tertiary/aromatic N) is 6. The second-order valence-electron chi connectivity index (χ2n) is 5.91. The van der Waals surface area contributed by atoms with Crippen molar-refractivity contribution in [1.29, 1.82) is 0 Å². The Bertz CT molecular complexity index is 841. The molecular formula is C16H17FN6O. The van der Waals surface area contributed by atoms with Gasteiger partial charge in [0.25, 0.3) is 0 Å². The van der Waals surface area contributed by atoms with E-state index in [2.05, 4.69) is 25.2 Å². The van der Waals surface area contributed by atoms with Gasteiger partial charge in [-0.15, -0.1) is 15.3 Å². The molecule has 1 aliphatic heterocycles. The van der Waals surface area contributed by atoms with Crippen LogP contribution in [0, 0.1) is 12.9 Å². The minimum absolute atomic E-state index is 0.104. The molecule has 7 nitrogen and oxygen atoms in total. The van der Waals surface area contributed by atoms with Crippen LogP contribution in [0.1, 0.15) is 18.4 Å². The number of rotatable bonds is 3. The molecule has 0 amide bonds. The summed E-state index contributed by atoms with van der Waals surface area (Å²) < 4.78 is 20.4. The molecule has 0 aliphatic carbocycles. The van der Waals surface area contributed by atoms with E-state index in [0.717, 1.165) is 43.0 Å². The Labute approximate surface area is 138 Å². The maximum atomic E-state index is 12.8. The van der Waals surface area contributed by atoms with Crippen LogP contribution in [0.15, 0.2) is 30.7 Å². The van der Waals surface area contributed by atoms with Gasteiger partial charge in [0.1, 0.15) is 18.2 Å². The first-order chi connectivity index (χ1) is 11.7. The Morgan fingerprint density at radius 1 is 1.25 bits per heavy atom. The fourth-order valence-corrected chi connectivity index (χ4v) is 2.97. The number of aryl methyl sites for hydroxylation is 1. The monoisotopic (exact) mass is 328 g/mol. The zero-order valence-electron chi connectivity index (χ0n) is 13.3. The molecule has 24 heavy (non-hydrogen) atoms. The summed E-state index contributed by atoms with van der Waals surface area (Å²) in [5, 5.41) is 12.5. The highest BCUT2D eigenvalue weighted by molar-refractivity contribution is 5.52. The van der Waals surface area contributed by atoms with Gasteiger partial charge in [0.15, 0.2) is 11.5 Å². The summed E-state index contributed by atoms with van der Waals surface area (Å²) in [4.78, 5) is 5.86. The molecule has 1 aliphatic rings. The van der Waals surface area contributed by atoms with Crippen LogP contribution in [0.4, 0.5) is 10.2 Å². The number of halogens is 1. The molecule has 1 fully saturated rings. The fraction of sp³-hybridized carbons (Fsp3) is 0.375. The molecule has 0 saturated carbocycles. The van der Waals surface area contributed by atoms with Gasteiger partial charge in [-0.1, -0.05) is 0 Å². The molecule has 0 atom stereocenters.